The minimum atomic E-state index is -4.12. The number of aliphatic carboxylic acids is 1. The molecule has 1 fully saturated rings. The predicted octanol–water partition coefficient (Wildman–Crippen LogP) is 1.74. The van der Waals surface area contributed by atoms with Crippen LogP contribution in [0.1, 0.15) is 19.3 Å². The molecule has 0 aromatic carbocycles. The van der Waals surface area contributed by atoms with Crippen molar-refractivity contribution in [3.8, 4) is 0 Å². The number of halogens is 3. The van der Waals surface area contributed by atoms with Crippen LogP contribution in [0.4, 0.5) is 13.2 Å². The number of alkyl halides is 3. The molecule has 0 bridgehead atoms. The Labute approximate surface area is 85.9 Å². The maximum Gasteiger partial charge on any atom is 0.390 e. The number of carbonyl (C=O) groups is 1. The summed E-state index contributed by atoms with van der Waals surface area (Å²) in [7, 11) is 0. The minimum Gasteiger partial charge on any atom is -0.481 e. The molecule has 1 rings (SSSR count). The molecule has 0 spiro atoms. The third-order valence-corrected chi connectivity index (χ3v) is 2.65. The average Bonchev–Trinajstić information content (AvgIpc) is 2.14. The lowest BCUT2D eigenvalue weighted by Crippen LogP contribution is -2.38. The first-order valence-electron chi connectivity index (χ1n) is 4.90. The van der Waals surface area contributed by atoms with Crippen LogP contribution < -0.4 is 0 Å². The van der Waals surface area contributed by atoms with E-state index in [1.54, 1.807) is 4.90 Å². The standard InChI is InChI=1S/C9H14F3NO2/c10-9(11,12)3-6-13-4-1-7(2-5-13)8(14)15/h7H,1-6H2,(H,14,15). The van der Waals surface area contributed by atoms with Gasteiger partial charge < -0.3 is 10.0 Å². The van der Waals surface area contributed by atoms with Gasteiger partial charge in [0.1, 0.15) is 0 Å². The van der Waals surface area contributed by atoms with Crippen LogP contribution >= 0.6 is 0 Å². The van der Waals surface area contributed by atoms with Crippen molar-refractivity contribution in [1.82, 2.24) is 4.90 Å². The molecule has 0 atom stereocenters. The summed E-state index contributed by atoms with van der Waals surface area (Å²) in [5.41, 5.74) is 0. The second kappa shape index (κ2) is 4.83. The Balaban J connectivity index is 2.23. The van der Waals surface area contributed by atoms with Gasteiger partial charge in [0.2, 0.25) is 0 Å². The van der Waals surface area contributed by atoms with Gasteiger partial charge in [0.25, 0.3) is 0 Å². The van der Waals surface area contributed by atoms with E-state index in [1.165, 1.54) is 0 Å². The Morgan fingerprint density at radius 2 is 1.87 bits per heavy atom. The highest BCUT2D eigenvalue weighted by Crippen LogP contribution is 2.22. The Morgan fingerprint density at radius 3 is 2.27 bits per heavy atom. The lowest BCUT2D eigenvalue weighted by Gasteiger charge is -2.30. The molecular formula is C9H14F3NO2. The van der Waals surface area contributed by atoms with Crippen molar-refractivity contribution in [2.45, 2.75) is 25.4 Å². The summed E-state index contributed by atoms with van der Waals surface area (Å²) < 4.78 is 35.7. The quantitative estimate of drug-likeness (QED) is 0.795. The molecule has 0 radical (unpaired) electrons. The third-order valence-electron chi connectivity index (χ3n) is 2.65. The molecule has 0 saturated carbocycles. The van der Waals surface area contributed by atoms with Crippen molar-refractivity contribution < 1.29 is 23.1 Å². The van der Waals surface area contributed by atoms with Crippen molar-refractivity contribution >= 4 is 5.97 Å². The fraction of sp³-hybridized carbons (Fsp3) is 0.889. The molecular weight excluding hydrogens is 211 g/mol. The molecule has 0 aromatic rings. The summed E-state index contributed by atoms with van der Waals surface area (Å²) >= 11 is 0. The van der Waals surface area contributed by atoms with Crippen molar-refractivity contribution in [2.24, 2.45) is 5.92 Å². The van der Waals surface area contributed by atoms with E-state index in [4.69, 9.17) is 5.11 Å². The maximum atomic E-state index is 11.9. The smallest absolute Gasteiger partial charge is 0.390 e. The monoisotopic (exact) mass is 225 g/mol. The SMILES string of the molecule is O=C(O)C1CCN(CCC(F)(F)F)CC1. The zero-order valence-corrected chi connectivity index (χ0v) is 8.26. The van der Waals surface area contributed by atoms with E-state index in [2.05, 4.69) is 0 Å². The summed E-state index contributed by atoms with van der Waals surface area (Å²) in [6, 6.07) is 0. The van der Waals surface area contributed by atoms with Gasteiger partial charge in [0.05, 0.1) is 12.3 Å². The van der Waals surface area contributed by atoms with Crippen LogP contribution in [-0.4, -0.2) is 41.8 Å². The molecule has 0 aromatic heterocycles. The summed E-state index contributed by atoms with van der Waals surface area (Å²) in [4.78, 5) is 12.3. The Bertz CT molecular complexity index is 222. The topological polar surface area (TPSA) is 40.5 Å². The van der Waals surface area contributed by atoms with E-state index in [1.807, 2.05) is 0 Å². The molecule has 0 unspecified atom stereocenters. The van der Waals surface area contributed by atoms with Gasteiger partial charge in [-0.15, -0.1) is 0 Å². The van der Waals surface area contributed by atoms with Crippen LogP contribution in [-0.2, 0) is 4.79 Å². The fourth-order valence-electron chi connectivity index (χ4n) is 1.69. The summed E-state index contributed by atoms with van der Waals surface area (Å²) in [6.07, 6.45) is -4.03. The highest BCUT2D eigenvalue weighted by molar-refractivity contribution is 5.70. The van der Waals surface area contributed by atoms with Crippen LogP contribution in [0.15, 0.2) is 0 Å². The molecule has 1 aliphatic heterocycles. The fourth-order valence-corrected chi connectivity index (χ4v) is 1.69. The minimum absolute atomic E-state index is 0.0180. The number of hydrogen-bond donors (Lipinski definition) is 1. The van der Waals surface area contributed by atoms with Gasteiger partial charge >= 0.3 is 12.1 Å². The van der Waals surface area contributed by atoms with Gasteiger partial charge in [-0.3, -0.25) is 4.79 Å². The first kappa shape index (κ1) is 12.3. The van der Waals surface area contributed by atoms with Crippen LogP contribution in [0.2, 0.25) is 0 Å². The van der Waals surface area contributed by atoms with Crippen LogP contribution in [0.25, 0.3) is 0 Å². The second-order valence-corrected chi connectivity index (χ2v) is 3.82. The number of piperidine rings is 1. The van der Waals surface area contributed by atoms with Crippen molar-refractivity contribution in [3.63, 3.8) is 0 Å². The van der Waals surface area contributed by atoms with Gasteiger partial charge in [-0.2, -0.15) is 13.2 Å². The summed E-state index contributed by atoms with van der Waals surface area (Å²) in [6.45, 7) is 0.885. The number of nitrogens with zero attached hydrogens (tertiary/aromatic N) is 1. The van der Waals surface area contributed by atoms with Crippen molar-refractivity contribution in [1.29, 1.82) is 0 Å². The predicted molar refractivity (Wildman–Crippen MR) is 47.5 cm³/mol. The zero-order chi connectivity index (χ0) is 11.5. The molecule has 1 aliphatic rings. The van der Waals surface area contributed by atoms with Crippen LogP contribution in [0.5, 0.6) is 0 Å². The molecule has 6 heteroatoms. The average molecular weight is 225 g/mol. The number of carboxylic acids is 1. The Morgan fingerprint density at radius 1 is 1.33 bits per heavy atom. The van der Waals surface area contributed by atoms with Gasteiger partial charge in [-0.25, -0.2) is 0 Å². The Hall–Kier alpha value is -0.780. The van der Waals surface area contributed by atoms with E-state index in [9.17, 15) is 18.0 Å². The molecule has 15 heavy (non-hydrogen) atoms. The van der Waals surface area contributed by atoms with E-state index in [0.717, 1.165) is 0 Å². The van der Waals surface area contributed by atoms with Gasteiger partial charge in [-0.1, -0.05) is 0 Å². The summed E-state index contributed by atoms with van der Waals surface area (Å²) in [5, 5.41) is 8.69. The number of hydrogen-bond acceptors (Lipinski definition) is 2. The first-order valence-corrected chi connectivity index (χ1v) is 4.90. The largest absolute Gasteiger partial charge is 0.481 e. The van der Waals surface area contributed by atoms with Crippen LogP contribution in [0, 0.1) is 5.92 Å². The van der Waals surface area contributed by atoms with E-state index < -0.39 is 18.6 Å². The Kier molecular flexibility index (Phi) is 3.96. The molecule has 1 saturated heterocycles. The molecule has 1 heterocycles. The van der Waals surface area contributed by atoms with Gasteiger partial charge in [0, 0.05) is 6.54 Å². The van der Waals surface area contributed by atoms with Gasteiger partial charge in [-0.05, 0) is 25.9 Å². The zero-order valence-electron chi connectivity index (χ0n) is 8.26. The molecule has 0 aliphatic carbocycles. The van der Waals surface area contributed by atoms with Crippen LogP contribution in [0.3, 0.4) is 0 Å². The molecule has 88 valence electrons. The number of carboxylic acid groups (broad SMARTS) is 1. The van der Waals surface area contributed by atoms with E-state index in [-0.39, 0.29) is 12.5 Å². The molecule has 3 nitrogen and oxygen atoms in total. The number of likely N-dealkylation sites (tertiary alicyclic amines) is 1. The lowest BCUT2D eigenvalue weighted by molar-refractivity contribution is -0.146. The van der Waals surface area contributed by atoms with Crippen molar-refractivity contribution in [2.75, 3.05) is 19.6 Å². The van der Waals surface area contributed by atoms with Crippen molar-refractivity contribution in [3.05, 3.63) is 0 Å². The van der Waals surface area contributed by atoms with E-state index >= 15 is 0 Å². The van der Waals surface area contributed by atoms with E-state index in [0.29, 0.717) is 25.9 Å². The second-order valence-electron chi connectivity index (χ2n) is 3.82. The molecule has 1 N–H and O–H groups in total. The third kappa shape index (κ3) is 4.51. The molecule has 0 amide bonds. The van der Waals surface area contributed by atoms with Gasteiger partial charge in [0.15, 0.2) is 0 Å². The number of rotatable bonds is 3. The lowest BCUT2D eigenvalue weighted by atomic mass is 9.97. The normalized spacial score (nSPS) is 20.5. The highest BCUT2D eigenvalue weighted by atomic mass is 19.4. The highest BCUT2D eigenvalue weighted by Gasteiger charge is 2.30. The summed E-state index contributed by atoms with van der Waals surface area (Å²) in [5.74, 6) is -1.22. The first-order chi connectivity index (χ1) is 6.88. The maximum absolute atomic E-state index is 11.9.